The highest BCUT2D eigenvalue weighted by Gasteiger charge is 2.44. The summed E-state index contributed by atoms with van der Waals surface area (Å²) in [6.45, 7) is 3.37. The van der Waals surface area contributed by atoms with E-state index in [1.165, 1.54) is 122 Å². The molecule has 57 heavy (non-hydrogen) atoms. The van der Waals surface area contributed by atoms with Gasteiger partial charge in [-0.2, -0.15) is 0 Å². The van der Waals surface area contributed by atoms with E-state index in [0.29, 0.717) is 12.8 Å². The van der Waals surface area contributed by atoms with E-state index in [0.717, 1.165) is 44.9 Å². The average Bonchev–Trinajstić information content (AvgIpc) is 3.21. The van der Waals surface area contributed by atoms with Crippen molar-refractivity contribution in [2.75, 3.05) is 19.8 Å². The molecule has 1 aliphatic heterocycles. The smallest absolute Gasteiger partial charge is 0.306 e. The number of unbranched alkanes of at least 4 members (excludes halogenated alkanes) is 24. The number of aliphatic hydroxyl groups excluding tert-OH is 4. The fourth-order valence-corrected chi connectivity index (χ4v) is 7.09. The highest BCUT2D eigenvalue weighted by molar-refractivity contribution is 5.70. The van der Waals surface area contributed by atoms with Crippen LogP contribution in [0.4, 0.5) is 0 Å². The number of hydrogen-bond acceptors (Lipinski definition) is 10. The topological polar surface area (TPSA) is 152 Å². The zero-order valence-corrected chi connectivity index (χ0v) is 36.3. The molecule has 1 heterocycles. The van der Waals surface area contributed by atoms with Crippen LogP contribution in [0.1, 0.15) is 206 Å². The maximum Gasteiger partial charge on any atom is 0.306 e. The lowest BCUT2D eigenvalue weighted by Crippen LogP contribution is -2.59. The van der Waals surface area contributed by atoms with Crippen LogP contribution in [0.25, 0.3) is 0 Å². The zero-order chi connectivity index (χ0) is 41.6. The molecule has 0 aliphatic carbocycles. The number of allylic oxidation sites excluding steroid dienone is 4. The zero-order valence-electron chi connectivity index (χ0n) is 36.3. The second kappa shape index (κ2) is 38.4. The van der Waals surface area contributed by atoms with Gasteiger partial charge in [0.15, 0.2) is 12.4 Å². The number of hydrogen-bond donors (Lipinski definition) is 4. The first-order valence-corrected chi connectivity index (χ1v) is 23.4. The maximum atomic E-state index is 12.7. The Hall–Kier alpha value is -1.82. The van der Waals surface area contributed by atoms with Crippen molar-refractivity contribution >= 4 is 11.9 Å². The second-order valence-corrected chi connectivity index (χ2v) is 16.2. The number of carbonyl (C=O) groups excluding carboxylic acids is 2. The average molecular weight is 811 g/mol. The lowest BCUT2D eigenvalue weighted by atomic mass is 9.99. The lowest BCUT2D eigenvalue weighted by Gasteiger charge is -2.39. The van der Waals surface area contributed by atoms with Gasteiger partial charge in [0, 0.05) is 12.8 Å². The van der Waals surface area contributed by atoms with Gasteiger partial charge >= 0.3 is 11.9 Å². The van der Waals surface area contributed by atoms with Gasteiger partial charge in [-0.05, 0) is 44.9 Å². The maximum absolute atomic E-state index is 12.7. The summed E-state index contributed by atoms with van der Waals surface area (Å²) in [5, 5.41) is 40.0. The highest BCUT2D eigenvalue weighted by atomic mass is 16.7. The van der Waals surface area contributed by atoms with Crippen LogP contribution in [0.2, 0.25) is 0 Å². The third-order valence-electron chi connectivity index (χ3n) is 10.8. The van der Waals surface area contributed by atoms with Crippen molar-refractivity contribution in [2.45, 2.75) is 243 Å². The molecule has 0 saturated carbocycles. The lowest BCUT2D eigenvalue weighted by molar-refractivity contribution is -0.305. The fraction of sp³-hybridized carbons (Fsp3) is 0.872. The highest BCUT2D eigenvalue weighted by Crippen LogP contribution is 2.23. The van der Waals surface area contributed by atoms with E-state index in [1.807, 2.05) is 0 Å². The van der Waals surface area contributed by atoms with E-state index in [1.54, 1.807) is 0 Å². The quantitative estimate of drug-likeness (QED) is 0.0268. The van der Waals surface area contributed by atoms with Crippen LogP contribution in [-0.2, 0) is 28.5 Å². The molecule has 2 unspecified atom stereocenters. The molecule has 4 N–H and O–H groups in total. The Labute approximate surface area is 347 Å². The molecule has 1 fully saturated rings. The van der Waals surface area contributed by atoms with Crippen molar-refractivity contribution in [2.24, 2.45) is 0 Å². The minimum atomic E-state index is -1.60. The van der Waals surface area contributed by atoms with Crippen LogP contribution < -0.4 is 0 Å². The Bertz CT molecular complexity index is 985. The van der Waals surface area contributed by atoms with Crippen molar-refractivity contribution in [1.82, 2.24) is 0 Å². The summed E-state index contributed by atoms with van der Waals surface area (Å²) in [5.74, 6) is -0.853. The first-order chi connectivity index (χ1) is 27.8. The first kappa shape index (κ1) is 53.2. The second-order valence-electron chi connectivity index (χ2n) is 16.2. The largest absolute Gasteiger partial charge is 0.462 e. The van der Waals surface area contributed by atoms with Gasteiger partial charge in [-0.3, -0.25) is 9.59 Å². The molecule has 0 aromatic carbocycles. The molecule has 0 spiro atoms. The van der Waals surface area contributed by atoms with Gasteiger partial charge < -0.3 is 39.4 Å². The van der Waals surface area contributed by atoms with E-state index >= 15 is 0 Å². The number of esters is 2. The van der Waals surface area contributed by atoms with Crippen molar-refractivity contribution in [1.29, 1.82) is 0 Å². The molecule has 1 aliphatic rings. The number of ether oxygens (including phenoxy) is 4. The van der Waals surface area contributed by atoms with Gasteiger partial charge in [-0.1, -0.05) is 173 Å². The van der Waals surface area contributed by atoms with Crippen molar-refractivity contribution < 1.29 is 49.0 Å². The van der Waals surface area contributed by atoms with Crippen LogP contribution in [0.5, 0.6) is 0 Å². The van der Waals surface area contributed by atoms with Crippen LogP contribution in [-0.4, -0.2) is 89.0 Å². The molecule has 334 valence electrons. The van der Waals surface area contributed by atoms with E-state index in [4.69, 9.17) is 18.9 Å². The molecule has 0 bridgehead atoms. The minimum Gasteiger partial charge on any atom is -0.462 e. The van der Waals surface area contributed by atoms with Gasteiger partial charge in [0.2, 0.25) is 0 Å². The minimum absolute atomic E-state index is 0.218. The van der Waals surface area contributed by atoms with E-state index in [2.05, 4.69) is 38.2 Å². The van der Waals surface area contributed by atoms with Gasteiger partial charge in [0.25, 0.3) is 0 Å². The Morgan fingerprint density at radius 1 is 0.526 bits per heavy atom. The summed E-state index contributed by atoms with van der Waals surface area (Å²) in [7, 11) is 0. The van der Waals surface area contributed by atoms with Crippen LogP contribution in [0.3, 0.4) is 0 Å². The first-order valence-electron chi connectivity index (χ1n) is 23.4. The predicted octanol–water partition coefficient (Wildman–Crippen LogP) is 10.1. The Morgan fingerprint density at radius 3 is 1.47 bits per heavy atom. The molecular weight excluding hydrogens is 725 g/mol. The van der Waals surface area contributed by atoms with Crippen LogP contribution in [0, 0.1) is 0 Å². The van der Waals surface area contributed by atoms with Crippen molar-refractivity contribution in [3.05, 3.63) is 24.3 Å². The van der Waals surface area contributed by atoms with Gasteiger partial charge in [-0.15, -0.1) is 0 Å². The summed E-state index contributed by atoms with van der Waals surface area (Å²) in [4.78, 5) is 25.2. The van der Waals surface area contributed by atoms with E-state index in [-0.39, 0.29) is 26.1 Å². The van der Waals surface area contributed by atoms with Crippen LogP contribution >= 0.6 is 0 Å². The molecule has 6 atom stereocenters. The Kier molecular flexibility index (Phi) is 35.8. The molecule has 1 saturated heterocycles. The molecule has 10 heteroatoms. The van der Waals surface area contributed by atoms with E-state index < -0.39 is 55.4 Å². The fourth-order valence-electron chi connectivity index (χ4n) is 7.09. The Morgan fingerprint density at radius 2 is 0.965 bits per heavy atom. The molecule has 0 radical (unpaired) electrons. The Balaban J connectivity index is 2.25. The van der Waals surface area contributed by atoms with E-state index in [9.17, 15) is 30.0 Å². The van der Waals surface area contributed by atoms with Crippen molar-refractivity contribution in [3.8, 4) is 0 Å². The summed E-state index contributed by atoms with van der Waals surface area (Å²) in [6.07, 6.45) is 35.1. The van der Waals surface area contributed by atoms with Crippen LogP contribution in [0.15, 0.2) is 24.3 Å². The predicted molar refractivity (Wildman–Crippen MR) is 229 cm³/mol. The number of carbonyl (C=O) groups is 2. The molecule has 0 aromatic rings. The SMILES string of the molecule is CCCCCCCCCCCCCCCC/C=C/CC/C=C/CCCC(=O)OC[C@@H](CO[C@H]1O[C@@H](CO)[C@@H](O)C(O)C1O)OC(=O)CCCCCCCCCCC. The monoisotopic (exact) mass is 811 g/mol. The number of rotatable bonds is 39. The van der Waals surface area contributed by atoms with Crippen molar-refractivity contribution in [3.63, 3.8) is 0 Å². The van der Waals surface area contributed by atoms with Gasteiger partial charge in [-0.25, -0.2) is 0 Å². The summed E-state index contributed by atoms with van der Waals surface area (Å²) in [6, 6.07) is 0. The normalized spacial score (nSPS) is 20.4. The van der Waals surface area contributed by atoms with Gasteiger partial charge in [0.05, 0.1) is 13.2 Å². The third-order valence-corrected chi connectivity index (χ3v) is 10.8. The molecule has 10 nitrogen and oxygen atoms in total. The molecular formula is C47H86O10. The summed E-state index contributed by atoms with van der Waals surface area (Å²) < 4.78 is 22.1. The number of aliphatic hydroxyl groups is 4. The molecule has 1 rings (SSSR count). The summed E-state index contributed by atoms with van der Waals surface area (Å²) in [5.41, 5.74) is 0. The van der Waals surface area contributed by atoms with Gasteiger partial charge in [0.1, 0.15) is 31.0 Å². The molecule has 0 amide bonds. The molecule has 0 aromatic heterocycles. The standard InChI is InChI=1S/C47H86O10/c1-3-5-7-9-11-13-14-15-16-17-18-19-20-21-22-23-24-25-26-28-29-31-33-35-42(49)54-38-40(39-55-47-46(53)45(52)44(51)41(37-48)57-47)56-43(50)36-34-32-30-27-12-10-8-6-4-2/h23-24,28-29,40-41,44-48,51-53H,3-22,25-27,30-39H2,1-2H3/b24-23+,29-28+/t40-,41-,44+,45?,46?,47-/m0/s1. The summed E-state index contributed by atoms with van der Waals surface area (Å²) >= 11 is 0. The third kappa shape index (κ3) is 30.0.